The molecular formula is C15H24N2OS. The predicted molar refractivity (Wildman–Crippen MR) is 79.6 cm³/mol. The second kappa shape index (κ2) is 6.35. The van der Waals surface area contributed by atoms with E-state index in [1.54, 1.807) is 0 Å². The van der Waals surface area contributed by atoms with Crippen molar-refractivity contribution < 1.29 is 4.74 Å². The highest BCUT2D eigenvalue weighted by atomic mass is 32.1. The molecule has 3 rings (SSSR count). The van der Waals surface area contributed by atoms with E-state index in [0.29, 0.717) is 6.04 Å². The average Bonchev–Trinajstić information content (AvgIpc) is 3.33. The van der Waals surface area contributed by atoms with Crippen LogP contribution in [0.5, 0.6) is 0 Å². The van der Waals surface area contributed by atoms with Gasteiger partial charge in [0.05, 0.1) is 6.61 Å². The maximum absolute atomic E-state index is 5.46. The highest BCUT2D eigenvalue weighted by Crippen LogP contribution is 2.31. The first-order valence-corrected chi connectivity index (χ1v) is 8.25. The Morgan fingerprint density at radius 1 is 1.42 bits per heavy atom. The van der Waals surface area contributed by atoms with Crippen LogP contribution in [0.1, 0.15) is 30.6 Å². The van der Waals surface area contributed by atoms with Crippen LogP contribution in [0.25, 0.3) is 0 Å². The Morgan fingerprint density at radius 2 is 2.26 bits per heavy atom. The van der Waals surface area contributed by atoms with E-state index in [-0.39, 0.29) is 0 Å². The number of thiophene rings is 1. The molecule has 0 bridgehead atoms. The molecule has 2 aliphatic carbocycles. The highest BCUT2D eigenvalue weighted by molar-refractivity contribution is 7.09. The highest BCUT2D eigenvalue weighted by Gasteiger charge is 2.34. The monoisotopic (exact) mass is 280 g/mol. The van der Waals surface area contributed by atoms with Gasteiger partial charge in [-0.2, -0.15) is 0 Å². The van der Waals surface area contributed by atoms with Gasteiger partial charge in [-0.15, -0.1) is 11.3 Å². The number of rotatable bonds is 9. The molecule has 1 aromatic rings. The summed E-state index contributed by atoms with van der Waals surface area (Å²) < 4.78 is 5.46. The molecular weight excluding hydrogens is 256 g/mol. The van der Waals surface area contributed by atoms with E-state index in [4.69, 9.17) is 4.74 Å². The molecule has 0 aliphatic heterocycles. The van der Waals surface area contributed by atoms with Gasteiger partial charge in [0.2, 0.25) is 0 Å². The quantitative estimate of drug-likeness (QED) is 0.752. The molecule has 0 amide bonds. The summed E-state index contributed by atoms with van der Waals surface area (Å²) in [6.45, 7) is 2.99. The van der Waals surface area contributed by atoms with Crippen LogP contribution in [0.3, 0.4) is 0 Å². The zero-order chi connectivity index (χ0) is 13.1. The van der Waals surface area contributed by atoms with Crippen LogP contribution < -0.4 is 5.32 Å². The third-order valence-electron chi connectivity index (χ3n) is 3.98. The summed E-state index contributed by atoms with van der Waals surface area (Å²) in [5.41, 5.74) is 0. The number of hydrogen-bond acceptors (Lipinski definition) is 4. The minimum Gasteiger partial charge on any atom is -0.383 e. The first kappa shape index (κ1) is 13.6. The first-order chi connectivity index (χ1) is 9.36. The van der Waals surface area contributed by atoms with Crippen molar-refractivity contribution in [2.45, 2.75) is 50.4 Å². The minimum atomic E-state index is 0.514. The molecule has 106 valence electrons. The molecule has 1 unspecified atom stereocenters. The topological polar surface area (TPSA) is 24.5 Å². The lowest BCUT2D eigenvalue weighted by Gasteiger charge is -2.31. The van der Waals surface area contributed by atoms with Crippen LogP contribution in [0.2, 0.25) is 0 Å². The molecule has 0 radical (unpaired) electrons. The van der Waals surface area contributed by atoms with Crippen LogP contribution in [-0.2, 0) is 11.3 Å². The van der Waals surface area contributed by atoms with Crippen molar-refractivity contribution in [3.05, 3.63) is 22.4 Å². The zero-order valence-corrected chi connectivity index (χ0v) is 12.5. The minimum absolute atomic E-state index is 0.514. The number of ether oxygens (including phenoxy) is 1. The van der Waals surface area contributed by atoms with Gasteiger partial charge < -0.3 is 10.1 Å². The van der Waals surface area contributed by atoms with Crippen LogP contribution in [0.15, 0.2) is 17.5 Å². The molecule has 0 saturated heterocycles. The van der Waals surface area contributed by atoms with Crippen molar-refractivity contribution in [2.75, 3.05) is 20.3 Å². The molecule has 3 nitrogen and oxygen atoms in total. The van der Waals surface area contributed by atoms with Crippen LogP contribution in [-0.4, -0.2) is 43.3 Å². The molecule has 0 aromatic carbocycles. The summed E-state index contributed by atoms with van der Waals surface area (Å²) in [5.74, 6) is 0. The largest absolute Gasteiger partial charge is 0.383 e. The molecule has 1 heterocycles. The Morgan fingerprint density at radius 3 is 2.84 bits per heavy atom. The van der Waals surface area contributed by atoms with Crippen molar-refractivity contribution >= 4 is 11.3 Å². The molecule has 1 atom stereocenters. The summed E-state index contributed by atoms with van der Waals surface area (Å²) in [4.78, 5) is 4.13. The van der Waals surface area contributed by atoms with E-state index in [1.807, 2.05) is 18.4 Å². The fourth-order valence-electron chi connectivity index (χ4n) is 2.60. The molecule has 0 spiro atoms. The maximum atomic E-state index is 5.46. The van der Waals surface area contributed by atoms with Gasteiger partial charge in [-0.05, 0) is 37.1 Å². The van der Waals surface area contributed by atoms with Gasteiger partial charge in [-0.3, -0.25) is 4.90 Å². The fraction of sp³-hybridized carbons (Fsp3) is 0.733. The van der Waals surface area contributed by atoms with Crippen molar-refractivity contribution in [1.29, 1.82) is 0 Å². The first-order valence-electron chi connectivity index (χ1n) is 7.37. The van der Waals surface area contributed by atoms with Crippen molar-refractivity contribution in [3.63, 3.8) is 0 Å². The normalized spacial score (nSPS) is 20.9. The molecule has 2 fully saturated rings. The fourth-order valence-corrected chi connectivity index (χ4v) is 3.31. The van der Waals surface area contributed by atoms with E-state index >= 15 is 0 Å². The molecule has 1 aromatic heterocycles. The van der Waals surface area contributed by atoms with Gasteiger partial charge in [0.15, 0.2) is 0 Å². The molecule has 4 heteroatoms. The number of nitrogens with zero attached hydrogens (tertiary/aromatic N) is 1. The third kappa shape index (κ3) is 4.02. The molecule has 2 aliphatic rings. The Bertz CT molecular complexity index is 374. The Labute approximate surface area is 119 Å². The summed E-state index contributed by atoms with van der Waals surface area (Å²) in [5, 5.41) is 5.84. The molecule has 1 N–H and O–H groups in total. The lowest BCUT2D eigenvalue weighted by Crippen LogP contribution is -2.46. The Kier molecular flexibility index (Phi) is 4.53. The van der Waals surface area contributed by atoms with E-state index in [2.05, 4.69) is 27.7 Å². The smallest absolute Gasteiger partial charge is 0.0630 e. The lowest BCUT2D eigenvalue weighted by molar-refractivity contribution is 0.0792. The molecule has 19 heavy (non-hydrogen) atoms. The van der Waals surface area contributed by atoms with Crippen LogP contribution >= 0.6 is 11.3 Å². The summed E-state index contributed by atoms with van der Waals surface area (Å²) in [6, 6.07) is 6.47. The number of nitrogens with one attached hydrogen (secondary N) is 1. The SMILES string of the molecule is COCC(CNC1CC1)N(Cc1cccs1)C1CC1. The van der Waals surface area contributed by atoms with Crippen LogP contribution in [0, 0.1) is 0 Å². The van der Waals surface area contributed by atoms with Gasteiger partial charge in [-0.25, -0.2) is 0 Å². The second-order valence-corrected chi connectivity index (χ2v) is 6.81. The number of methoxy groups -OCH3 is 1. The van der Waals surface area contributed by atoms with E-state index in [0.717, 1.165) is 31.8 Å². The standard InChI is InChI=1S/C15H24N2OS/c1-18-11-14(9-16-12-4-5-12)17(13-6-7-13)10-15-3-2-8-19-15/h2-3,8,12-14,16H,4-7,9-11H2,1H3. The van der Waals surface area contributed by atoms with Gasteiger partial charge in [0.1, 0.15) is 0 Å². The van der Waals surface area contributed by atoms with Gasteiger partial charge in [0, 0.05) is 43.2 Å². The average molecular weight is 280 g/mol. The maximum Gasteiger partial charge on any atom is 0.0630 e. The Hall–Kier alpha value is -0.420. The van der Waals surface area contributed by atoms with Crippen LogP contribution in [0.4, 0.5) is 0 Å². The summed E-state index contributed by atoms with van der Waals surface area (Å²) in [7, 11) is 1.82. The van der Waals surface area contributed by atoms with Gasteiger partial charge in [-0.1, -0.05) is 6.07 Å². The third-order valence-corrected chi connectivity index (χ3v) is 4.84. The summed E-state index contributed by atoms with van der Waals surface area (Å²) in [6.07, 6.45) is 5.42. The Balaban J connectivity index is 1.60. The van der Waals surface area contributed by atoms with E-state index in [1.165, 1.54) is 30.6 Å². The number of hydrogen-bond donors (Lipinski definition) is 1. The molecule has 2 saturated carbocycles. The zero-order valence-electron chi connectivity index (χ0n) is 11.7. The van der Waals surface area contributed by atoms with Gasteiger partial charge >= 0.3 is 0 Å². The predicted octanol–water partition coefficient (Wildman–Crippen LogP) is 2.48. The second-order valence-electron chi connectivity index (χ2n) is 5.77. The van der Waals surface area contributed by atoms with Crippen molar-refractivity contribution in [2.24, 2.45) is 0 Å². The lowest BCUT2D eigenvalue weighted by atomic mass is 10.2. The van der Waals surface area contributed by atoms with E-state index in [9.17, 15) is 0 Å². The van der Waals surface area contributed by atoms with Crippen molar-refractivity contribution in [1.82, 2.24) is 10.2 Å². The van der Waals surface area contributed by atoms with Gasteiger partial charge in [0.25, 0.3) is 0 Å². The van der Waals surface area contributed by atoms with Crippen molar-refractivity contribution in [3.8, 4) is 0 Å². The van der Waals surface area contributed by atoms with E-state index < -0.39 is 0 Å². The summed E-state index contributed by atoms with van der Waals surface area (Å²) >= 11 is 1.87.